The van der Waals surface area contributed by atoms with Crippen LogP contribution in [0.15, 0.2) is 27.6 Å². The normalized spacial score (nSPS) is 18.8. The highest BCUT2D eigenvalue weighted by molar-refractivity contribution is 9.10. The van der Waals surface area contributed by atoms with Gasteiger partial charge in [0.15, 0.2) is 0 Å². The summed E-state index contributed by atoms with van der Waals surface area (Å²) in [6.07, 6.45) is 4.89. The van der Waals surface area contributed by atoms with E-state index < -0.39 is 0 Å². The van der Waals surface area contributed by atoms with Crippen molar-refractivity contribution in [3.8, 4) is 0 Å². The molecule has 0 spiro atoms. The van der Waals surface area contributed by atoms with Gasteiger partial charge in [-0.15, -0.1) is 12.6 Å². The molecular weight excluding hydrogens is 310 g/mol. The topological polar surface area (TPSA) is 20.3 Å². The molecule has 4 heteroatoms. The van der Waals surface area contributed by atoms with Crippen LogP contribution in [-0.2, 0) is 0 Å². The lowest BCUT2D eigenvalue weighted by Crippen LogP contribution is -2.35. The van der Waals surface area contributed by atoms with Crippen molar-refractivity contribution < 1.29 is 4.79 Å². The maximum absolute atomic E-state index is 12.6. The van der Waals surface area contributed by atoms with Crippen molar-refractivity contribution in [2.75, 3.05) is 6.54 Å². The third-order valence-corrected chi connectivity index (χ3v) is 4.55. The summed E-state index contributed by atoms with van der Waals surface area (Å²) in [5.41, 5.74) is 0.745. The number of hydrogen-bond acceptors (Lipinski definition) is 2. The Hall–Kier alpha value is -0.480. The highest BCUT2D eigenvalue weighted by Gasteiger charge is 2.37. The highest BCUT2D eigenvalue weighted by atomic mass is 79.9. The van der Waals surface area contributed by atoms with E-state index in [0.29, 0.717) is 6.04 Å². The Morgan fingerprint density at radius 2 is 2.06 bits per heavy atom. The summed E-state index contributed by atoms with van der Waals surface area (Å²) in [7, 11) is 0. The molecule has 18 heavy (non-hydrogen) atoms. The molecule has 0 N–H and O–H groups in total. The molecular formula is C14H16BrNOS. The minimum atomic E-state index is 0.159. The lowest BCUT2D eigenvalue weighted by Gasteiger charge is -2.23. The van der Waals surface area contributed by atoms with Gasteiger partial charge in [-0.25, -0.2) is 0 Å². The Bertz CT molecular complexity index is 483. The van der Waals surface area contributed by atoms with Gasteiger partial charge in [0.25, 0.3) is 5.91 Å². The van der Waals surface area contributed by atoms with Gasteiger partial charge >= 0.3 is 0 Å². The lowest BCUT2D eigenvalue weighted by molar-refractivity contribution is 0.0733. The molecule has 0 heterocycles. The average molecular weight is 326 g/mol. The first-order valence-corrected chi connectivity index (χ1v) is 7.68. The number of amides is 1. The number of benzene rings is 1. The van der Waals surface area contributed by atoms with Crippen molar-refractivity contribution >= 4 is 34.5 Å². The maximum atomic E-state index is 12.6. The van der Waals surface area contributed by atoms with Crippen LogP contribution >= 0.6 is 28.6 Å². The van der Waals surface area contributed by atoms with Crippen molar-refractivity contribution in [2.45, 2.75) is 36.6 Å². The second kappa shape index (κ2) is 4.89. The first-order valence-electron chi connectivity index (χ1n) is 6.44. The van der Waals surface area contributed by atoms with Crippen molar-refractivity contribution in [1.82, 2.24) is 4.90 Å². The molecule has 2 fully saturated rings. The number of nitrogens with zero attached hydrogens (tertiary/aromatic N) is 1. The predicted molar refractivity (Wildman–Crippen MR) is 78.2 cm³/mol. The lowest BCUT2D eigenvalue weighted by atomic mass is 10.2. The fourth-order valence-electron chi connectivity index (χ4n) is 2.19. The number of halogens is 1. The Labute approximate surface area is 121 Å². The van der Waals surface area contributed by atoms with Gasteiger partial charge in [0.1, 0.15) is 0 Å². The Morgan fingerprint density at radius 1 is 1.33 bits per heavy atom. The van der Waals surface area contributed by atoms with E-state index in [1.165, 1.54) is 12.8 Å². The van der Waals surface area contributed by atoms with E-state index in [9.17, 15) is 4.79 Å². The first-order chi connectivity index (χ1) is 8.65. The molecule has 0 unspecified atom stereocenters. The van der Waals surface area contributed by atoms with Crippen molar-refractivity contribution in [2.24, 2.45) is 5.92 Å². The van der Waals surface area contributed by atoms with Crippen LogP contribution in [0, 0.1) is 5.92 Å². The van der Waals surface area contributed by atoms with Gasteiger partial charge in [0.2, 0.25) is 0 Å². The van der Waals surface area contributed by atoms with E-state index in [-0.39, 0.29) is 5.91 Å². The molecule has 0 radical (unpaired) electrons. The summed E-state index contributed by atoms with van der Waals surface area (Å²) >= 11 is 7.79. The van der Waals surface area contributed by atoms with E-state index in [1.54, 1.807) is 0 Å². The molecule has 0 atom stereocenters. The molecule has 96 valence electrons. The molecule has 0 aliphatic heterocycles. The average Bonchev–Trinajstić information content (AvgIpc) is 3.21. The number of thiol groups is 1. The molecule has 1 aromatic carbocycles. The largest absolute Gasteiger partial charge is 0.335 e. The first kappa shape index (κ1) is 12.5. The summed E-state index contributed by atoms with van der Waals surface area (Å²) in [6.45, 7) is 0.937. The quantitative estimate of drug-likeness (QED) is 0.836. The van der Waals surface area contributed by atoms with Crippen LogP contribution in [0.5, 0.6) is 0 Å². The second-order valence-corrected chi connectivity index (χ2v) is 6.67. The summed E-state index contributed by atoms with van der Waals surface area (Å²) in [5, 5.41) is 0. The molecule has 2 saturated carbocycles. The second-order valence-electron chi connectivity index (χ2n) is 5.30. The Morgan fingerprint density at radius 3 is 2.67 bits per heavy atom. The molecule has 1 amide bonds. The van der Waals surface area contributed by atoms with Crippen LogP contribution in [0.25, 0.3) is 0 Å². The maximum Gasteiger partial charge on any atom is 0.255 e. The van der Waals surface area contributed by atoms with Gasteiger partial charge in [-0.3, -0.25) is 4.79 Å². The molecule has 2 aliphatic rings. The van der Waals surface area contributed by atoms with Gasteiger partial charge in [-0.2, -0.15) is 0 Å². The zero-order valence-corrected chi connectivity index (χ0v) is 12.6. The summed E-state index contributed by atoms with van der Waals surface area (Å²) in [6, 6.07) is 6.13. The molecule has 0 aromatic heterocycles. The fraction of sp³-hybridized carbons (Fsp3) is 0.500. The zero-order valence-electron chi connectivity index (χ0n) is 10.1. The zero-order chi connectivity index (χ0) is 12.7. The summed E-state index contributed by atoms with van der Waals surface area (Å²) in [5.74, 6) is 0.902. The summed E-state index contributed by atoms with van der Waals surface area (Å²) < 4.78 is 0.867. The van der Waals surface area contributed by atoms with Crippen molar-refractivity contribution in [3.05, 3.63) is 28.2 Å². The van der Waals surface area contributed by atoms with Crippen LogP contribution in [0.2, 0.25) is 0 Å². The number of hydrogen-bond donors (Lipinski definition) is 1. The van der Waals surface area contributed by atoms with Gasteiger partial charge in [-0.1, -0.05) is 0 Å². The molecule has 2 nitrogen and oxygen atoms in total. The monoisotopic (exact) mass is 325 g/mol. The molecule has 3 rings (SSSR count). The number of rotatable bonds is 4. The number of carbonyl (C=O) groups is 1. The van der Waals surface area contributed by atoms with E-state index in [0.717, 1.165) is 40.2 Å². The minimum absolute atomic E-state index is 0.159. The van der Waals surface area contributed by atoms with Crippen molar-refractivity contribution in [1.29, 1.82) is 0 Å². The van der Waals surface area contributed by atoms with E-state index in [4.69, 9.17) is 0 Å². The van der Waals surface area contributed by atoms with Gasteiger partial charge in [0, 0.05) is 22.0 Å². The van der Waals surface area contributed by atoms with E-state index in [1.807, 2.05) is 18.2 Å². The fourth-order valence-corrected chi connectivity index (χ4v) is 2.81. The smallest absolute Gasteiger partial charge is 0.255 e. The molecule has 0 saturated heterocycles. The van der Waals surface area contributed by atoms with Crippen LogP contribution in [0.4, 0.5) is 0 Å². The van der Waals surface area contributed by atoms with Crippen molar-refractivity contribution in [3.63, 3.8) is 0 Å². The molecule has 2 aliphatic carbocycles. The standard InChI is InChI=1S/C14H16BrNOS/c15-13-6-5-11(18)7-12(13)14(17)16(10-3-4-10)8-9-1-2-9/h5-7,9-10,18H,1-4,8H2. The molecule has 1 aromatic rings. The van der Waals surface area contributed by atoms with Crippen LogP contribution < -0.4 is 0 Å². The third-order valence-electron chi connectivity index (χ3n) is 3.58. The Balaban J connectivity index is 1.83. The third kappa shape index (κ3) is 2.75. The van der Waals surface area contributed by atoms with Gasteiger partial charge in [0.05, 0.1) is 5.56 Å². The predicted octanol–water partition coefficient (Wildman–Crippen LogP) is 3.75. The van der Waals surface area contributed by atoms with E-state index >= 15 is 0 Å². The SMILES string of the molecule is O=C(c1cc(S)ccc1Br)N(CC1CC1)C1CC1. The molecule has 0 bridgehead atoms. The van der Waals surface area contributed by atoms with E-state index in [2.05, 4.69) is 33.5 Å². The summed E-state index contributed by atoms with van der Waals surface area (Å²) in [4.78, 5) is 15.5. The van der Waals surface area contributed by atoms with Gasteiger partial charge in [-0.05, 0) is 65.7 Å². The minimum Gasteiger partial charge on any atom is -0.335 e. The Kier molecular flexibility index (Phi) is 3.41. The highest BCUT2D eigenvalue weighted by Crippen LogP contribution is 2.36. The van der Waals surface area contributed by atoms with Crippen LogP contribution in [-0.4, -0.2) is 23.4 Å². The van der Waals surface area contributed by atoms with Crippen LogP contribution in [0.3, 0.4) is 0 Å². The number of carbonyl (C=O) groups excluding carboxylic acids is 1. The van der Waals surface area contributed by atoms with Crippen LogP contribution in [0.1, 0.15) is 36.0 Å². The van der Waals surface area contributed by atoms with Gasteiger partial charge < -0.3 is 4.90 Å².